The van der Waals surface area contributed by atoms with Crippen LogP contribution in [-0.4, -0.2) is 33.5 Å². The fraction of sp³-hybridized carbons (Fsp3) is 0.500. The third-order valence-electron chi connectivity index (χ3n) is 2.97. The number of nitrogens with one attached hydrogen (secondary N) is 1. The van der Waals surface area contributed by atoms with Crippen LogP contribution in [-0.2, 0) is 9.47 Å². The smallest absolute Gasteiger partial charge is 0.0701 e. The number of hydrogen-bond donors (Lipinski definition) is 1. The van der Waals surface area contributed by atoms with Gasteiger partial charge in [0.25, 0.3) is 0 Å². The van der Waals surface area contributed by atoms with Crippen molar-refractivity contribution in [1.82, 2.24) is 5.32 Å². The number of allylic oxidation sites excluding steroid dienone is 5. The maximum Gasteiger partial charge on any atom is 0.0701 e. The second kappa shape index (κ2) is 14.9. The summed E-state index contributed by atoms with van der Waals surface area (Å²) in [5.41, 5.74) is 5.24. The first-order chi connectivity index (χ1) is 10.3. The summed E-state index contributed by atoms with van der Waals surface area (Å²) >= 11 is 0. The van der Waals surface area contributed by atoms with Crippen LogP contribution in [0.2, 0.25) is 0 Å². The molecule has 0 spiro atoms. The van der Waals surface area contributed by atoms with Crippen LogP contribution in [0.15, 0.2) is 55.0 Å². The number of ether oxygens (including phenoxy) is 2. The monoisotopic (exact) mass is 291 g/mol. The molecule has 0 fully saturated rings. The molecule has 3 nitrogen and oxygen atoms in total. The van der Waals surface area contributed by atoms with E-state index in [-0.39, 0.29) is 0 Å². The molecule has 0 unspecified atom stereocenters. The first-order valence-electron chi connectivity index (χ1n) is 7.42. The second-order valence-corrected chi connectivity index (χ2v) is 4.58. The van der Waals surface area contributed by atoms with E-state index in [1.807, 2.05) is 12.2 Å². The lowest BCUT2D eigenvalue weighted by Gasteiger charge is -2.09. The molecule has 3 heteroatoms. The molecule has 0 aliphatic rings. The van der Waals surface area contributed by atoms with Crippen molar-refractivity contribution in [2.45, 2.75) is 25.7 Å². The lowest BCUT2D eigenvalue weighted by atomic mass is 10.1. The minimum atomic E-state index is 0.630. The van der Waals surface area contributed by atoms with E-state index in [0.29, 0.717) is 19.8 Å². The molecule has 21 heavy (non-hydrogen) atoms. The summed E-state index contributed by atoms with van der Waals surface area (Å²) < 4.78 is 10.3. The van der Waals surface area contributed by atoms with E-state index in [4.69, 9.17) is 9.47 Å². The van der Waals surface area contributed by atoms with Gasteiger partial charge in [-0.15, -0.1) is 5.73 Å². The highest BCUT2D eigenvalue weighted by atomic mass is 16.5. The van der Waals surface area contributed by atoms with Crippen LogP contribution < -0.4 is 5.32 Å². The normalized spacial score (nSPS) is 10.8. The molecule has 0 atom stereocenters. The Bertz CT molecular complexity index is 365. The quantitative estimate of drug-likeness (QED) is 0.300. The Morgan fingerprint density at radius 3 is 2.52 bits per heavy atom. The topological polar surface area (TPSA) is 30.5 Å². The zero-order valence-corrected chi connectivity index (χ0v) is 13.3. The molecule has 0 aliphatic heterocycles. The van der Waals surface area contributed by atoms with Gasteiger partial charge in [-0.3, -0.25) is 0 Å². The van der Waals surface area contributed by atoms with Crippen LogP contribution >= 0.6 is 0 Å². The van der Waals surface area contributed by atoms with Crippen LogP contribution in [0.25, 0.3) is 0 Å². The van der Waals surface area contributed by atoms with E-state index in [1.165, 1.54) is 5.57 Å². The van der Waals surface area contributed by atoms with Gasteiger partial charge in [0.15, 0.2) is 0 Å². The maximum absolute atomic E-state index is 5.39. The predicted octanol–water partition coefficient (Wildman–Crippen LogP) is 3.77. The zero-order chi connectivity index (χ0) is 15.8. The molecule has 118 valence electrons. The molecule has 0 aromatic rings. The van der Waals surface area contributed by atoms with Crippen LogP contribution in [0.1, 0.15) is 25.7 Å². The van der Waals surface area contributed by atoms with Crippen molar-refractivity contribution in [1.29, 1.82) is 0 Å². The van der Waals surface area contributed by atoms with Gasteiger partial charge in [-0.25, -0.2) is 0 Å². The van der Waals surface area contributed by atoms with Crippen LogP contribution in [0.3, 0.4) is 0 Å². The van der Waals surface area contributed by atoms with Gasteiger partial charge in [-0.05, 0) is 31.3 Å². The van der Waals surface area contributed by atoms with E-state index >= 15 is 0 Å². The van der Waals surface area contributed by atoms with E-state index in [0.717, 1.165) is 37.9 Å². The average molecular weight is 291 g/mol. The number of unbranched alkanes of at least 4 members (excludes halogenated alkanes) is 1. The van der Waals surface area contributed by atoms with Crippen molar-refractivity contribution in [2.24, 2.45) is 0 Å². The van der Waals surface area contributed by atoms with Crippen molar-refractivity contribution in [3.05, 3.63) is 55.0 Å². The summed E-state index contributed by atoms with van der Waals surface area (Å²) in [6.45, 7) is 13.9. The van der Waals surface area contributed by atoms with Gasteiger partial charge < -0.3 is 14.8 Å². The summed E-state index contributed by atoms with van der Waals surface area (Å²) in [6.07, 6.45) is 9.90. The third-order valence-corrected chi connectivity index (χ3v) is 2.97. The molecular weight excluding hydrogens is 262 g/mol. The molecule has 0 amide bonds. The van der Waals surface area contributed by atoms with Gasteiger partial charge >= 0.3 is 0 Å². The van der Waals surface area contributed by atoms with Gasteiger partial charge in [0.05, 0.1) is 25.5 Å². The Morgan fingerprint density at radius 2 is 1.90 bits per heavy atom. The molecule has 0 saturated carbocycles. The van der Waals surface area contributed by atoms with Gasteiger partial charge in [-0.1, -0.05) is 38.0 Å². The van der Waals surface area contributed by atoms with E-state index in [9.17, 15) is 0 Å². The van der Waals surface area contributed by atoms with Crippen LogP contribution in [0, 0.1) is 0 Å². The largest absolute Gasteiger partial charge is 0.382 e. The summed E-state index contributed by atoms with van der Waals surface area (Å²) in [5.74, 6) is 0. The molecule has 1 N–H and O–H groups in total. The van der Waals surface area contributed by atoms with Gasteiger partial charge in [0.2, 0.25) is 0 Å². The highest BCUT2D eigenvalue weighted by molar-refractivity contribution is 5.20. The second-order valence-electron chi connectivity index (χ2n) is 4.58. The van der Waals surface area contributed by atoms with Gasteiger partial charge in [0.1, 0.15) is 0 Å². The number of methoxy groups -OCH3 is 1. The van der Waals surface area contributed by atoms with Crippen molar-refractivity contribution >= 4 is 0 Å². The minimum Gasteiger partial charge on any atom is -0.382 e. The van der Waals surface area contributed by atoms with E-state index in [2.05, 4.69) is 30.8 Å². The summed E-state index contributed by atoms with van der Waals surface area (Å²) in [5, 5.41) is 3.30. The maximum atomic E-state index is 5.39. The minimum absolute atomic E-state index is 0.630. The molecule has 0 aromatic heterocycles. The number of hydrogen-bond acceptors (Lipinski definition) is 3. The summed E-state index contributed by atoms with van der Waals surface area (Å²) in [7, 11) is 1.67. The standard InChI is InChI=1S/C18H29NO2/c1-5-10-17(6-2)11-8-9-12-18(7-3)19-13-14-21-16-15-20-4/h5-6,10,19H,1-3,8-9,11-16H2,4H3/b17-10+. The van der Waals surface area contributed by atoms with Gasteiger partial charge in [-0.2, -0.15) is 0 Å². The lowest BCUT2D eigenvalue weighted by Crippen LogP contribution is -2.19. The SMILES string of the molecule is C=C=C(CCCC/C(C=C)=C/C=C)NCCOCCOC. The Labute approximate surface area is 129 Å². The van der Waals surface area contributed by atoms with Crippen molar-refractivity contribution in [3.8, 4) is 0 Å². The molecular formula is C18H29NO2. The highest BCUT2D eigenvalue weighted by Gasteiger charge is 1.98. The summed E-state index contributed by atoms with van der Waals surface area (Å²) in [4.78, 5) is 0. The zero-order valence-electron chi connectivity index (χ0n) is 13.3. The number of rotatable bonds is 14. The first-order valence-corrected chi connectivity index (χ1v) is 7.42. The molecule has 0 rings (SSSR count). The Kier molecular flexibility index (Phi) is 13.8. The summed E-state index contributed by atoms with van der Waals surface area (Å²) in [6, 6.07) is 0. The third kappa shape index (κ3) is 11.9. The molecule has 0 aromatic carbocycles. The molecule has 0 aliphatic carbocycles. The van der Waals surface area contributed by atoms with E-state index in [1.54, 1.807) is 13.2 Å². The predicted molar refractivity (Wildman–Crippen MR) is 90.3 cm³/mol. The van der Waals surface area contributed by atoms with Gasteiger partial charge in [0, 0.05) is 13.7 Å². The van der Waals surface area contributed by atoms with Crippen LogP contribution in [0.5, 0.6) is 0 Å². The van der Waals surface area contributed by atoms with Crippen molar-refractivity contribution in [2.75, 3.05) is 33.5 Å². The molecule has 0 saturated heterocycles. The Balaban J connectivity index is 3.71. The van der Waals surface area contributed by atoms with Crippen LogP contribution in [0.4, 0.5) is 0 Å². The average Bonchev–Trinajstić information content (AvgIpc) is 2.51. The van der Waals surface area contributed by atoms with Crippen molar-refractivity contribution < 1.29 is 9.47 Å². The molecule has 0 bridgehead atoms. The Hall–Kier alpha value is -1.54. The highest BCUT2D eigenvalue weighted by Crippen LogP contribution is 2.12. The van der Waals surface area contributed by atoms with E-state index < -0.39 is 0 Å². The Morgan fingerprint density at radius 1 is 1.14 bits per heavy atom. The fourth-order valence-electron chi connectivity index (χ4n) is 1.79. The fourth-order valence-corrected chi connectivity index (χ4v) is 1.79. The van der Waals surface area contributed by atoms with Crippen molar-refractivity contribution in [3.63, 3.8) is 0 Å². The molecule has 0 heterocycles. The lowest BCUT2D eigenvalue weighted by molar-refractivity contribution is 0.0727. The first kappa shape index (κ1) is 19.5. The molecule has 0 radical (unpaired) electrons.